The van der Waals surface area contributed by atoms with Gasteiger partial charge >= 0.3 is 0 Å². The summed E-state index contributed by atoms with van der Waals surface area (Å²) in [5, 5.41) is 12.2. The first-order chi connectivity index (χ1) is 11.0. The third kappa shape index (κ3) is 3.52. The van der Waals surface area contributed by atoms with E-state index in [9.17, 15) is 9.90 Å². The smallest absolute Gasteiger partial charge is 0.261 e. The van der Waals surface area contributed by atoms with Gasteiger partial charge in [-0.25, -0.2) is 4.98 Å². The maximum absolute atomic E-state index is 11.4. The summed E-state index contributed by atoms with van der Waals surface area (Å²) < 4.78 is 5.50. The van der Waals surface area contributed by atoms with Crippen LogP contribution in [0.1, 0.15) is 5.56 Å². The predicted octanol–water partition coefficient (Wildman–Crippen LogP) is 4.02. The van der Waals surface area contributed by atoms with E-state index in [4.69, 9.17) is 27.6 Å². The number of para-hydroxylation sites is 2. The number of aromatic nitrogens is 1. The molecular formula is C16H8Cl2NO3S-. The summed E-state index contributed by atoms with van der Waals surface area (Å²) in [6.45, 7) is 0. The molecule has 3 rings (SSSR count). The Morgan fingerprint density at radius 1 is 1.17 bits per heavy atom. The lowest BCUT2D eigenvalue weighted by Crippen LogP contribution is -2.23. The van der Waals surface area contributed by atoms with Crippen LogP contribution in [0.3, 0.4) is 0 Å². The minimum atomic E-state index is -1.35. The van der Waals surface area contributed by atoms with Crippen LogP contribution in [0, 0.1) is 0 Å². The molecule has 1 aromatic heterocycles. The van der Waals surface area contributed by atoms with Crippen LogP contribution < -0.4 is 5.11 Å². The largest absolute Gasteiger partial charge is 0.544 e. The monoisotopic (exact) mass is 364 g/mol. The van der Waals surface area contributed by atoms with Crippen molar-refractivity contribution in [3.63, 3.8) is 0 Å². The van der Waals surface area contributed by atoms with Crippen LogP contribution in [0.15, 0.2) is 57.0 Å². The van der Waals surface area contributed by atoms with Gasteiger partial charge in [-0.15, -0.1) is 0 Å². The maximum Gasteiger partial charge on any atom is 0.261 e. The quantitative estimate of drug-likeness (QED) is 0.516. The van der Waals surface area contributed by atoms with Gasteiger partial charge in [-0.05, 0) is 41.6 Å². The van der Waals surface area contributed by atoms with Crippen LogP contribution in [0.4, 0.5) is 0 Å². The highest BCUT2D eigenvalue weighted by molar-refractivity contribution is 8.03. The molecule has 23 heavy (non-hydrogen) atoms. The minimum Gasteiger partial charge on any atom is -0.544 e. The molecule has 2 aromatic carbocycles. The van der Waals surface area contributed by atoms with Crippen LogP contribution in [-0.2, 0) is 4.79 Å². The number of oxazole rings is 1. The van der Waals surface area contributed by atoms with Crippen molar-refractivity contribution in [2.45, 2.75) is 5.22 Å². The number of carboxylic acid groups (broad SMARTS) is 1. The van der Waals surface area contributed by atoms with E-state index in [0.717, 1.165) is 11.8 Å². The number of rotatable bonds is 4. The van der Waals surface area contributed by atoms with Gasteiger partial charge in [0.15, 0.2) is 5.58 Å². The predicted molar refractivity (Wildman–Crippen MR) is 89.3 cm³/mol. The van der Waals surface area contributed by atoms with Gasteiger partial charge in [0.05, 0.1) is 16.0 Å². The first-order valence-electron chi connectivity index (χ1n) is 6.45. The first-order valence-corrected chi connectivity index (χ1v) is 8.02. The van der Waals surface area contributed by atoms with Gasteiger partial charge in [0, 0.05) is 4.91 Å². The average Bonchev–Trinajstić information content (AvgIpc) is 2.93. The van der Waals surface area contributed by atoms with E-state index in [0.29, 0.717) is 21.7 Å². The summed E-state index contributed by atoms with van der Waals surface area (Å²) in [5.74, 6) is -1.35. The SMILES string of the molecule is O=C([O-])/C(=C/c1cccc(Cl)c1Cl)Sc1nc2ccccc2o1. The standard InChI is InChI=1S/C16H9Cl2NO3S/c17-10-5-3-4-9(14(10)18)8-13(15(20)21)23-16-19-11-6-1-2-7-12(11)22-16/h1-8H,(H,20,21)/p-1/b13-8-. The average molecular weight is 365 g/mol. The molecule has 0 bridgehead atoms. The fraction of sp³-hybridized carbons (Fsp3) is 0. The molecular weight excluding hydrogens is 357 g/mol. The van der Waals surface area contributed by atoms with Gasteiger partial charge in [0.25, 0.3) is 5.22 Å². The molecule has 0 aliphatic heterocycles. The second-order valence-corrected chi connectivity index (χ2v) is 6.27. The molecule has 0 spiro atoms. The Hall–Kier alpha value is -1.95. The van der Waals surface area contributed by atoms with Crippen molar-refractivity contribution >= 4 is 58.1 Å². The highest BCUT2D eigenvalue weighted by Crippen LogP contribution is 2.33. The van der Waals surface area contributed by atoms with Crippen molar-refractivity contribution in [2.75, 3.05) is 0 Å². The van der Waals surface area contributed by atoms with Crippen LogP contribution >= 0.6 is 35.0 Å². The highest BCUT2D eigenvalue weighted by atomic mass is 35.5. The third-order valence-electron chi connectivity index (χ3n) is 2.94. The Morgan fingerprint density at radius 2 is 1.96 bits per heavy atom. The zero-order chi connectivity index (χ0) is 16.4. The molecule has 0 N–H and O–H groups in total. The van der Waals surface area contributed by atoms with E-state index in [2.05, 4.69) is 4.98 Å². The second-order valence-electron chi connectivity index (χ2n) is 4.49. The number of thioether (sulfide) groups is 1. The maximum atomic E-state index is 11.4. The summed E-state index contributed by atoms with van der Waals surface area (Å²) in [5.41, 5.74) is 1.70. The van der Waals surface area contributed by atoms with Gasteiger partial charge in [0.2, 0.25) is 0 Å². The molecule has 0 aliphatic carbocycles. The van der Waals surface area contributed by atoms with E-state index in [1.54, 1.807) is 30.3 Å². The molecule has 0 aliphatic rings. The van der Waals surface area contributed by atoms with Crippen molar-refractivity contribution in [3.8, 4) is 0 Å². The van der Waals surface area contributed by atoms with Gasteiger partial charge in [-0.1, -0.05) is 47.5 Å². The minimum absolute atomic E-state index is 0.0827. The number of aliphatic carboxylic acids is 1. The summed E-state index contributed by atoms with van der Waals surface area (Å²) in [6.07, 6.45) is 1.38. The normalized spacial score (nSPS) is 11.8. The van der Waals surface area contributed by atoms with E-state index in [-0.39, 0.29) is 15.2 Å². The third-order valence-corrected chi connectivity index (χ3v) is 4.63. The van der Waals surface area contributed by atoms with Gasteiger partial charge in [0.1, 0.15) is 5.52 Å². The molecule has 7 heteroatoms. The molecule has 0 fully saturated rings. The number of fused-ring (bicyclic) bond motifs is 1. The van der Waals surface area contributed by atoms with Crippen LogP contribution in [0.25, 0.3) is 17.2 Å². The fourth-order valence-corrected chi connectivity index (χ4v) is 2.99. The lowest BCUT2D eigenvalue weighted by molar-refractivity contribution is -0.298. The Morgan fingerprint density at radius 3 is 2.70 bits per heavy atom. The molecule has 3 aromatic rings. The van der Waals surface area contributed by atoms with Crippen molar-refractivity contribution < 1.29 is 14.3 Å². The molecule has 0 unspecified atom stereocenters. The van der Waals surface area contributed by atoms with E-state index in [1.165, 1.54) is 6.08 Å². The Balaban J connectivity index is 1.97. The molecule has 0 amide bonds. The Labute approximate surface area is 145 Å². The molecule has 0 saturated carbocycles. The van der Waals surface area contributed by atoms with Gasteiger partial charge in [-0.3, -0.25) is 0 Å². The highest BCUT2D eigenvalue weighted by Gasteiger charge is 2.11. The number of benzene rings is 2. The van der Waals surface area contributed by atoms with Crippen LogP contribution in [0.5, 0.6) is 0 Å². The molecule has 0 radical (unpaired) electrons. The zero-order valence-electron chi connectivity index (χ0n) is 11.5. The number of halogens is 2. The Kier molecular flexibility index (Phi) is 4.61. The Bertz CT molecular complexity index is 888. The summed E-state index contributed by atoms with van der Waals surface area (Å²) in [4.78, 5) is 15.5. The topological polar surface area (TPSA) is 66.2 Å². The summed E-state index contributed by atoms with van der Waals surface area (Å²) >= 11 is 12.9. The van der Waals surface area contributed by atoms with Crippen molar-refractivity contribution in [3.05, 3.63) is 63.0 Å². The van der Waals surface area contributed by atoms with E-state index < -0.39 is 5.97 Å². The number of carbonyl (C=O) groups is 1. The first kappa shape index (κ1) is 15.9. The number of carboxylic acids is 1. The van der Waals surface area contributed by atoms with Crippen molar-refractivity contribution in [2.24, 2.45) is 0 Å². The molecule has 1 heterocycles. The van der Waals surface area contributed by atoms with Crippen LogP contribution in [0.2, 0.25) is 10.0 Å². The fourth-order valence-electron chi connectivity index (χ4n) is 1.89. The number of nitrogens with zero attached hydrogens (tertiary/aromatic N) is 1. The van der Waals surface area contributed by atoms with E-state index in [1.807, 2.05) is 12.1 Å². The molecule has 4 nitrogen and oxygen atoms in total. The van der Waals surface area contributed by atoms with Crippen molar-refractivity contribution in [1.29, 1.82) is 0 Å². The van der Waals surface area contributed by atoms with Crippen molar-refractivity contribution in [1.82, 2.24) is 4.98 Å². The summed E-state index contributed by atoms with van der Waals surface area (Å²) in [7, 11) is 0. The summed E-state index contributed by atoms with van der Waals surface area (Å²) in [6, 6.07) is 12.1. The van der Waals surface area contributed by atoms with Gasteiger partial charge < -0.3 is 14.3 Å². The number of hydrogen-bond donors (Lipinski definition) is 0. The molecule has 0 atom stereocenters. The zero-order valence-corrected chi connectivity index (χ0v) is 13.8. The molecule has 0 saturated heterocycles. The lowest BCUT2D eigenvalue weighted by Gasteiger charge is -2.07. The van der Waals surface area contributed by atoms with E-state index >= 15 is 0 Å². The number of hydrogen-bond acceptors (Lipinski definition) is 5. The molecule has 116 valence electrons. The number of carbonyl (C=O) groups excluding carboxylic acids is 1. The van der Waals surface area contributed by atoms with Crippen LogP contribution in [-0.4, -0.2) is 11.0 Å². The lowest BCUT2D eigenvalue weighted by atomic mass is 10.2. The van der Waals surface area contributed by atoms with Gasteiger partial charge in [-0.2, -0.15) is 0 Å². The second kappa shape index (κ2) is 6.66.